The number of nitrogens with two attached hydrogens (primary N) is 8. The topological polar surface area (TPSA) is 252 Å². The molecule has 802 valence electrons. The first-order chi connectivity index (χ1) is 66.6. The number of aryl methyl sites for hydroxylation is 2. The Morgan fingerprint density at radius 1 is 0.274 bits per heavy atom. The first kappa shape index (κ1) is 119. The zero-order chi connectivity index (χ0) is 95.8. The molecule has 8 atom stereocenters. The van der Waals surface area contributed by atoms with E-state index in [1.165, 1.54) is 278 Å². The van der Waals surface area contributed by atoms with Crippen molar-refractivity contribution in [1.82, 2.24) is 9.13 Å². The number of rotatable bonds is 28. The largest absolute Gasteiger partial charge is 1.00 e. The molecule has 10 aromatic rings. The van der Waals surface area contributed by atoms with Crippen molar-refractivity contribution in [1.29, 1.82) is 0 Å². The number of anilines is 16. The molecule has 0 aliphatic carbocycles. The van der Waals surface area contributed by atoms with Crippen LogP contribution >= 0.6 is 0 Å². The van der Waals surface area contributed by atoms with E-state index in [-0.39, 0.29) is 99.3 Å². The highest BCUT2D eigenvalue weighted by Gasteiger charge is 2.53. The van der Waals surface area contributed by atoms with Crippen molar-refractivity contribution in [2.45, 2.75) is 151 Å². The number of aromatic nitrogens is 4. The molecular formula is C112H168Cl8N26. The zero-order valence-electron chi connectivity index (χ0n) is 87.4. The second-order valence-corrected chi connectivity index (χ2v) is 45.0. The molecule has 12 fully saturated rings. The number of quaternary nitrogens is 6. The van der Waals surface area contributed by atoms with E-state index in [1.54, 1.807) is 0 Å². The van der Waals surface area contributed by atoms with Crippen molar-refractivity contribution in [3.63, 3.8) is 0 Å². The number of nitrogens with zero attached hydrogens (tertiary/aromatic N) is 18. The SMILES string of the molecule is C[N+](C)(CCC[N+](C)(C)C1CCN(c2ccc(N)cc2)C1)C1CCN(c2ccc(N)cc2)C1.C[N+]1(CC2CCCN2c2ccc(N)cc2)CC[N+](C)(CC2CCCN2c2ccc(N)cc2)CC1.Nc1ccc(N2CCC(n3cc[n+](CCC[n+]4ccn(C5CCN(c6ccc(N)cc6)C5)c4)c3)C2)cc1.Nc1ccc(N2CCCC2C[N+]23CC[N+](CC4CCCN4c4ccc(N)cc4)(CC2)CC3)cc1.[Cl-].[Cl-].[Cl-].[Cl-].[Cl-].[Cl-].[Cl-].[Cl-]. The predicted molar refractivity (Wildman–Crippen MR) is 575 cm³/mol. The van der Waals surface area contributed by atoms with Gasteiger partial charge in [-0.3, -0.25) is 0 Å². The summed E-state index contributed by atoms with van der Waals surface area (Å²) >= 11 is 0. The fourth-order valence-electron chi connectivity index (χ4n) is 25.6. The van der Waals surface area contributed by atoms with Gasteiger partial charge in [0.1, 0.15) is 114 Å². The van der Waals surface area contributed by atoms with E-state index in [2.05, 4.69) is 259 Å². The average molecular weight is 2160 g/mol. The molecule has 12 aliphatic rings. The number of fused-ring (bicyclic) bond motifs is 3. The molecule has 2 aromatic heterocycles. The van der Waals surface area contributed by atoms with E-state index in [1.807, 2.05) is 72.8 Å². The van der Waals surface area contributed by atoms with E-state index in [0.29, 0.717) is 48.3 Å². The average Bonchev–Trinajstić information content (AvgIpc) is 1.31. The third-order valence-electron chi connectivity index (χ3n) is 34.6. The minimum atomic E-state index is 0. The summed E-state index contributed by atoms with van der Waals surface area (Å²) in [5.41, 5.74) is 64.4. The number of nitrogen functional groups attached to an aromatic ring is 8. The maximum absolute atomic E-state index is 5.94. The van der Waals surface area contributed by atoms with Gasteiger partial charge >= 0.3 is 0 Å². The number of piperazine rings is 4. The second kappa shape index (κ2) is 52.7. The van der Waals surface area contributed by atoms with E-state index in [9.17, 15) is 0 Å². The van der Waals surface area contributed by atoms with Crippen LogP contribution in [0.4, 0.5) is 91.0 Å². The minimum Gasteiger partial charge on any atom is -1.00 e. The van der Waals surface area contributed by atoms with Crippen molar-refractivity contribution in [2.75, 3.05) is 311 Å². The Bertz CT molecular complexity index is 5180. The first-order valence-corrected chi connectivity index (χ1v) is 52.7. The van der Waals surface area contributed by atoms with Gasteiger partial charge in [-0.2, -0.15) is 0 Å². The van der Waals surface area contributed by atoms with Crippen LogP contribution in [0.2, 0.25) is 0 Å². The minimum absolute atomic E-state index is 0. The van der Waals surface area contributed by atoms with Crippen molar-refractivity contribution in [3.8, 4) is 0 Å². The standard InChI is InChI=1S/C29H38N8.C28H42N6.C28H44N6.C27H44N6.8ClH/c30-24-2-6-26(7-3-24)34-14-10-28(20-34)36-18-16-32(22-36)12-1-13-33-17-19-37(23-33)29-11-15-35(21-29)27-8-4-25(31)5-9-27;29-23-5-9-25(10-6-23)31-13-1-3-27(31)21-33-15-18-34(19-16-33,20-17-33)22-28-4-2-14-32(28)26-11-7-24(30)8-12-26;1-33(21-27-5-3-15-31(27)25-11-7-23(29)8-12-25)17-19-34(2,20-18-33)22-28-6-4-16-32(28)26-13-9-24(30)10-14-26;1-32(2,26-14-16-30(20-26)24-10-6-22(28)7-11-24)18-5-19-33(3,4)27-15-17-31(21-27)25-12-8-23(29)9-13-25;;;;;;;;/h2-9,16-19,22-23,28-29H,1,10-15,20-21,30-31H2;5-12,27-28H,1-4,13-22,29-30H2;7-14,27-28H,3-6,15-22,29-30H2,1-2H3;6-13,26-27H,5,14-21,28-29H2,1-4H3;8*1H/q4*+2;;;;;;;;/p-8. The molecule has 14 heterocycles. The van der Waals surface area contributed by atoms with Gasteiger partial charge in [0, 0.05) is 182 Å². The van der Waals surface area contributed by atoms with Crippen LogP contribution in [0.15, 0.2) is 232 Å². The Labute approximate surface area is 922 Å². The van der Waals surface area contributed by atoms with Gasteiger partial charge in [0.25, 0.3) is 0 Å². The second-order valence-electron chi connectivity index (χ2n) is 45.0. The number of hydrogen-bond acceptors (Lipinski definition) is 16. The molecule has 0 spiro atoms. The molecule has 8 aromatic carbocycles. The Morgan fingerprint density at radius 2 is 0.507 bits per heavy atom. The summed E-state index contributed by atoms with van der Waals surface area (Å²) in [6.07, 6.45) is 31.2. The van der Waals surface area contributed by atoms with Crippen LogP contribution in [-0.4, -0.2) is 298 Å². The lowest BCUT2D eigenvalue weighted by atomic mass is 10.0. The lowest BCUT2D eigenvalue weighted by Gasteiger charge is -2.57. The van der Waals surface area contributed by atoms with Crippen molar-refractivity contribution < 1.29 is 135 Å². The van der Waals surface area contributed by atoms with E-state index < -0.39 is 0 Å². The molecule has 0 amide bonds. The number of hydrogen-bond donors (Lipinski definition) is 8. The lowest BCUT2D eigenvalue weighted by Crippen LogP contribution is -3.00. The predicted octanol–water partition coefficient (Wildman–Crippen LogP) is -11.1. The van der Waals surface area contributed by atoms with Crippen molar-refractivity contribution in [2.24, 2.45) is 0 Å². The molecule has 2 bridgehead atoms. The van der Waals surface area contributed by atoms with Gasteiger partial charge in [0.2, 0.25) is 12.7 Å². The van der Waals surface area contributed by atoms with Crippen LogP contribution in [0, 0.1) is 0 Å². The van der Waals surface area contributed by atoms with Gasteiger partial charge in [0.15, 0.2) is 0 Å². The summed E-state index contributed by atoms with van der Waals surface area (Å²) in [4.78, 5) is 20.6. The number of benzene rings is 8. The van der Waals surface area contributed by atoms with Crippen LogP contribution < -0.4 is 193 Å². The fourth-order valence-corrected chi connectivity index (χ4v) is 25.6. The summed E-state index contributed by atoms with van der Waals surface area (Å²) in [5, 5.41) is 0. The Balaban J connectivity index is 0.000000196. The third kappa shape index (κ3) is 29.7. The lowest BCUT2D eigenvalue weighted by molar-refractivity contribution is -1.08. The van der Waals surface area contributed by atoms with E-state index in [0.717, 1.165) is 126 Å². The number of halogens is 8. The van der Waals surface area contributed by atoms with Crippen LogP contribution in [0.1, 0.15) is 102 Å². The molecule has 16 N–H and O–H groups in total. The fraction of sp³-hybridized carbons (Fsp3) is 0.518. The number of imidazole rings is 2. The smallest absolute Gasteiger partial charge is 0.244 e. The van der Waals surface area contributed by atoms with Crippen LogP contribution in [-0.2, 0) is 13.1 Å². The maximum atomic E-state index is 5.94. The summed E-state index contributed by atoms with van der Waals surface area (Å²) in [6.45, 7) is 36.5. The molecule has 0 saturated carbocycles. The first-order valence-electron chi connectivity index (χ1n) is 52.7. The molecular weight excluding hydrogens is 1990 g/mol. The Kier molecular flexibility index (Phi) is 42.9. The highest BCUT2D eigenvalue weighted by Crippen LogP contribution is 2.40. The van der Waals surface area contributed by atoms with Gasteiger partial charge in [-0.25, -0.2) is 18.3 Å². The molecule has 0 radical (unpaired) electrons. The molecule has 12 saturated heterocycles. The summed E-state index contributed by atoms with van der Waals surface area (Å²) in [7, 11) is 14.7. The van der Waals surface area contributed by atoms with Gasteiger partial charge in [-0.15, -0.1) is 0 Å². The van der Waals surface area contributed by atoms with Crippen LogP contribution in [0.5, 0.6) is 0 Å². The van der Waals surface area contributed by atoms with Gasteiger partial charge in [0.05, 0.1) is 145 Å². The maximum Gasteiger partial charge on any atom is 0.244 e. The van der Waals surface area contributed by atoms with Gasteiger partial charge in [-0.05, 0) is 245 Å². The van der Waals surface area contributed by atoms with Gasteiger partial charge in [-0.1, -0.05) is 0 Å². The highest BCUT2D eigenvalue weighted by molar-refractivity contribution is 5.61. The van der Waals surface area contributed by atoms with E-state index in [4.69, 9.17) is 45.9 Å². The molecule has 22 rings (SSSR count). The van der Waals surface area contributed by atoms with Crippen LogP contribution in [0.25, 0.3) is 0 Å². The van der Waals surface area contributed by atoms with E-state index >= 15 is 0 Å². The summed E-state index contributed by atoms with van der Waals surface area (Å²) < 4.78 is 16.7. The summed E-state index contributed by atoms with van der Waals surface area (Å²) in [5.74, 6) is 0. The van der Waals surface area contributed by atoms with Crippen molar-refractivity contribution >= 4 is 91.0 Å². The molecule has 146 heavy (non-hydrogen) atoms. The molecule has 34 heteroatoms. The molecule has 8 unspecified atom stereocenters. The molecule has 12 aliphatic heterocycles. The quantitative estimate of drug-likeness (QED) is 0.0129. The van der Waals surface area contributed by atoms with Crippen LogP contribution in [0.3, 0.4) is 0 Å². The number of likely N-dealkylation sites (N-methyl/N-ethyl adjacent to an activating group) is 4. The summed E-state index contributed by atoms with van der Waals surface area (Å²) in [6, 6.07) is 72.3. The Hall–Kier alpha value is -8.94. The third-order valence-corrected chi connectivity index (χ3v) is 34.6. The molecule has 26 nitrogen and oxygen atoms in total. The van der Waals surface area contributed by atoms with Gasteiger partial charge < -0.3 is 211 Å². The monoisotopic (exact) mass is 2160 g/mol. The Morgan fingerprint density at radius 3 is 0.767 bits per heavy atom. The highest BCUT2D eigenvalue weighted by atomic mass is 35.5. The van der Waals surface area contributed by atoms with Crippen molar-refractivity contribution in [3.05, 3.63) is 232 Å². The normalized spacial score (nSPS) is 25.0. The zero-order valence-corrected chi connectivity index (χ0v) is 93.4.